The van der Waals surface area contributed by atoms with Crippen molar-refractivity contribution in [1.29, 1.82) is 0 Å². The normalized spacial score (nSPS) is 17.4. The first-order chi connectivity index (χ1) is 12.5. The molecule has 1 fully saturated rings. The molecule has 3 rings (SSSR count). The number of hydrogen-bond acceptors (Lipinski definition) is 5. The third-order valence-electron chi connectivity index (χ3n) is 4.21. The number of benzene rings is 1. The number of halogens is 2. The van der Waals surface area contributed by atoms with Crippen LogP contribution in [0.3, 0.4) is 0 Å². The number of aromatic nitrogens is 3. The van der Waals surface area contributed by atoms with Gasteiger partial charge in [0.15, 0.2) is 18.4 Å². The van der Waals surface area contributed by atoms with E-state index < -0.39 is 22.9 Å². The number of carbonyl (C=O) groups is 1. The van der Waals surface area contributed by atoms with Crippen molar-refractivity contribution in [1.82, 2.24) is 14.3 Å². The van der Waals surface area contributed by atoms with E-state index in [-0.39, 0.29) is 30.7 Å². The van der Waals surface area contributed by atoms with E-state index in [0.29, 0.717) is 13.2 Å². The summed E-state index contributed by atoms with van der Waals surface area (Å²) >= 11 is 0. The average molecular weight is 367 g/mol. The minimum atomic E-state index is -0.928. The van der Waals surface area contributed by atoms with Crippen molar-refractivity contribution in [3.63, 3.8) is 0 Å². The summed E-state index contributed by atoms with van der Waals surface area (Å²) in [5.74, 6) is -1.56. The van der Waals surface area contributed by atoms with Crippen molar-refractivity contribution < 1.29 is 23.0 Å². The molecule has 1 atom stereocenters. The second-order valence-corrected chi connectivity index (χ2v) is 5.90. The summed E-state index contributed by atoms with van der Waals surface area (Å²) in [5.41, 5.74) is -1.40. The molecule has 0 saturated carbocycles. The van der Waals surface area contributed by atoms with E-state index in [1.165, 1.54) is 4.57 Å². The highest BCUT2D eigenvalue weighted by Crippen LogP contribution is 2.18. The highest BCUT2D eigenvalue weighted by Gasteiger charge is 2.20. The Kier molecular flexibility index (Phi) is 5.58. The zero-order valence-electron chi connectivity index (χ0n) is 14.3. The summed E-state index contributed by atoms with van der Waals surface area (Å²) < 4.78 is 41.2. The van der Waals surface area contributed by atoms with Gasteiger partial charge >= 0.3 is 5.69 Å². The average Bonchev–Trinajstić information content (AvgIpc) is 2.97. The van der Waals surface area contributed by atoms with Crippen molar-refractivity contribution in [3.8, 4) is 5.69 Å². The molecular weight excluding hydrogens is 348 g/mol. The minimum Gasteiger partial charge on any atom is -0.353 e. The van der Waals surface area contributed by atoms with Crippen LogP contribution in [-0.4, -0.2) is 33.5 Å². The lowest BCUT2D eigenvalue weighted by Gasteiger charge is -2.22. The van der Waals surface area contributed by atoms with Gasteiger partial charge in [0.25, 0.3) is 0 Å². The molecule has 0 N–H and O–H groups in total. The van der Waals surface area contributed by atoms with E-state index in [1.807, 2.05) is 0 Å². The van der Waals surface area contributed by atoms with Crippen LogP contribution in [0.2, 0.25) is 0 Å². The van der Waals surface area contributed by atoms with Gasteiger partial charge in [0.1, 0.15) is 23.9 Å². The van der Waals surface area contributed by atoms with Gasteiger partial charge in [-0.3, -0.25) is 9.36 Å². The number of ether oxygens (including phenoxy) is 2. The van der Waals surface area contributed by atoms with Crippen LogP contribution in [0.5, 0.6) is 0 Å². The van der Waals surface area contributed by atoms with Gasteiger partial charge in [-0.15, -0.1) is 5.10 Å². The molecule has 1 aromatic heterocycles. The molecule has 1 saturated heterocycles. The molecule has 0 amide bonds. The Morgan fingerprint density at radius 3 is 2.81 bits per heavy atom. The number of carbonyl (C=O) groups excluding carboxylic acids is 1. The van der Waals surface area contributed by atoms with E-state index >= 15 is 0 Å². The van der Waals surface area contributed by atoms with Gasteiger partial charge in [0.05, 0.1) is 5.56 Å². The molecular formula is C17H19F2N3O4. The molecule has 9 heteroatoms. The molecule has 1 aromatic carbocycles. The van der Waals surface area contributed by atoms with E-state index in [4.69, 9.17) is 9.47 Å². The summed E-state index contributed by atoms with van der Waals surface area (Å²) in [6.45, 7) is 2.66. The third kappa shape index (κ3) is 3.58. The van der Waals surface area contributed by atoms with Crippen molar-refractivity contribution in [3.05, 3.63) is 45.6 Å². The summed E-state index contributed by atoms with van der Waals surface area (Å²) in [6.07, 6.45) is 2.57. The highest BCUT2D eigenvalue weighted by molar-refractivity contribution is 5.75. The predicted octanol–water partition coefficient (Wildman–Crippen LogP) is 2.19. The standard InChI is InChI=1S/C17H19F2N3O4/c1-2-21-15(10-26-16-5-3-4-6-25-16)20-22(17(21)24)14-8-12(18)11(9-23)7-13(14)19/h7-9,16H,2-6,10H2,1H3. The zero-order valence-corrected chi connectivity index (χ0v) is 14.3. The molecule has 2 aromatic rings. The van der Waals surface area contributed by atoms with Crippen molar-refractivity contribution in [2.75, 3.05) is 6.61 Å². The molecule has 2 heterocycles. The summed E-state index contributed by atoms with van der Waals surface area (Å²) in [4.78, 5) is 23.2. The van der Waals surface area contributed by atoms with Gasteiger partial charge in [-0.25, -0.2) is 13.6 Å². The Hall–Kier alpha value is -2.39. The fourth-order valence-electron chi connectivity index (χ4n) is 2.83. The van der Waals surface area contributed by atoms with Gasteiger partial charge in [0, 0.05) is 19.2 Å². The number of rotatable bonds is 6. The summed E-state index contributed by atoms with van der Waals surface area (Å²) in [7, 11) is 0. The predicted molar refractivity (Wildman–Crippen MR) is 87.2 cm³/mol. The Balaban J connectivity index is 1.91. The fraction of sp³-hybridized carbons (Fsp3) is 0.471. The van der Waals surface area contributed by atoms with Gasteiger partial charge < -0.3 is 9.47 Å². The quantitative estimate of drug-likeness (QED) is 0.732. The highest BCUT2D eigenvalue weighted by atomic mass is 19.1. The smallest absolute Gasteiger partial charge is 0.350 e. The molecule has 0 radical (unpaired) electrons. The van der Waals surface area contributed by atoms with E-state index in [9.17, 15) is 18.4 Å². The number of aldehydes is 1. The topological polar surface area (TPSA) is 75.3 Å². The molecule has 0 spiro atoms. The third-order valence-corrected chi connectivity index (χ3v) is 4.21. The van der Waals surface area contributed by atoms with Crippen LogP contribution >= 0.6 is 0 Å². The van der Waals surface area contributed by atoms with Crippen LogP contribution in [-0.2, 0) is 22.6 Å². The Labute approximate surface area is 148 Å². The second-order valence-electron chi connectivity index (χ2n) is 5.90. The van der Waals surface area contributed by atoms with Crippen LogP contribution in [0.1, 0.15) is 42.4 Å². The van der Waals surface area contributed by atoms with Crippen LogP contribution in [0.4, 0.5) is 8.78 Å². The van der Waals surface area contributed by atoms with Crippen LogP contribution in [0, 0.1) is 11.6 Å². The number of nitrogens with zero attached hydrogens (tertiary/aromatic N) is 3. The lowest BCUT2D eigenvalue weighted by Crippen LogP contribution is -2.25. The van der Waals surface area contributed by atoms with Crippen LogP contribution in [0.15, 0.2) is 16.9 Å². The molecule has 1 aliphatic heterocycles. The Morgan fingerprint density at radius 2 is 2.15 bits per heavy atom. The van der Waals surface area contributed by atoms with Crippen LogP contribution < -0.4 is 5.69 Å². The second kappa shape index (κ2) is 7.88. The lowest BCUT2D eigenvalue weighted by molar-refractivity contribution is -0.170. The van der Waals surface area contributed by atoms with E-state index in [1.54, 1.807) is 6.92 Å². The lowest BCUT2D eigenvalue weighted by atomic mass is 10.2. The van der Waals surface area contributed by atoms with Crippen LogP contribution in [0.25, 0.3) is 5.69 Å². The molecule has 7 nitrogen and oxygen atoms in total. The maximum atomic E-state index is 14.2. The van der Waals surface area contributed by atoms with Crippen molar-refractivity contribution >= 4 is 6.29 Å². The first kappa shape index (κ1) is 18.4. The molecule has 0 aliphatic carbocycles. The van der Waals surface area contributed by atoms with Crippen molar-refractivity contribution in [2.45, 2.75) is 45.6 Å². The SMILES string of the molecule is CCn1c(COC2CCCCO2)nn(-c2cc(F)c(C=O)cc2F)c1=O. The van der Waals surface area contributed by atoms with Gasteiger partial charge in [-0.05, 0) is 32.3 Å². The minimum absolute atomic E-state index is 0.0112. The molecule has 1 aliphatic rings. The van der Waals surface area contributed by atoms with E-state index in [0.717, 1.165) is 36.1 Å². The first-order valence-corrected chi connectivity index (χ1v) is 8.41. The summed E-state index contributed by atoms with van der Waals surface area (Å²) in [6, 6.07) is 1.52. The fourth-order valence-corrected chi connectivity index (χ4v) is 2.83. The molecule has 140 valence electrons. The Bertz CT molecular complexity index is 856. The van der Waals surface area contributed by atoms with Gasteiger partial charge in [-0.2, -0.15) is 4.68 Å². The summed E-state index contributed by atoms with van der Waals surface area (Å²) in [5, 5.41) is 4.08. The molecule has 26 heavy (non-hydrogen) atoms. The largest absolute Gasteiger partial charge is 0.353 e. The first-order valence-electron chi connectivity index (χ1n) is 8.41. The van der Waals surface area contributed by atoms with Gasteiger partial charge in [-0.1, -0.05) is 0 Å². The number of hydrogen-bond donors (Lipinski definition) is 0. The maximum absolute atomic E-state index is 14.2. The zero-order chi connectivity index (χ0) is 18.7. The Morgan fingerprint density at radius 1 is 1.35 bits per heavy atom. The van der Waals surface area contributed by atoms with Gasteiger partial charge in [0.2, 0.25) is 0 Å². The van der Waals surface area contributed by atoms with Crippen molar-refractivity contribution in [2.24, 2.45) is 0 Å². The maximum Gasteiger partial charge on any atom is 0.350 e. The molecule has 1 unspecified atom stereocenters. The monoisotopic (exact) mass is 367 g/mol. The molecule has 0 bridgehead atoms. The van der Waals surface area contributed by atoms with E-state index in [2.05, 4.69) is 5.10 Å².